The molecular weight excluding hydrogens is 366 g/mol. The molecule has 0 bridgehead atoms. The van der Waals surface area contributed by atoms with Crippen LogP contribution in [0.5, 0.6) is 0 Å². The number of fused-ring (bicyclic) bond motifs is 1. The number of rotatable bonds is 5. The third kappa shape index (κ3) is 3.42. The van der Waals surface area contributed by atoms with E-state index in [0.717, 1.165) is 33.7 Å². The summed E-state index contributed by atoms with van der Waals surface area (Å²) in [6, 6.07) is 14.9. The topological polar surface area (TPSA) is 50.7 Å². The maximum atomic E-state index is 12.4. The Morgan fingerprint density at radius 3 is 2.50 bits per heavy atom. The average Bonchev–Trinajstić information content (AvgIpc) is 3.25. The number of aromatic nitrogens is 3. The molecule has 0 aliphatic heterocycles. The minimum atomic E-state index is -0.0699. The Morgan fingerprint density at radius 1 is 1.07 bits per heavy atom. The van der Waals surface area contributed by atoms with Crippen LogP contribution < -0.4 is 5.69 Å². The van der Waals surface area contributed by atoms with Crippen LogP contribution in [0.1, 0.15) is 56.5 Å². The van der Waals surface area contributed by atoms with E-state index in [-0.39, 0.29) is 11.7 Å². The fraction of sp³-hybridized carbons (Fsp3) is 0.304. The SMILES string of the molecule is CC(C)c1ccc(Cc2csc(-c3cccc4c3[nH]c(=O)n4C(C)C)n2)cc1. The molecule has 1 N–H and O–H groups in total. The maximum Gasteiger partial charge on any atom is 0.326 e. The molecular formula is C23H25N3OS. The van der Waals surface area contributed by atoms with Gasteiger partial charge >= 0.3 is 5.69 Å². The molecule has 0 amide bonds. The van der Waals surface area contributed by atoms with Crippen LogP contribution in [0, 0.1) is 0 Å². The van der Waals surface area contributed by atoms with Crippen LogP contribution in [0.4, 0.5) is 0 Å². The lowest BCUT2D eigenvalue weighted by Gasteiger charge is -2.07. The lowest BCUT2D eigenvalue weighted by molar-refractivity contribution is 0.598. The van der Waals surface area contributed by atoms with Crippen LogP contribution in [0.2, 0.25) is 0 Å². The van der Waals surface area contributed by atoms with Crippen molar-refractivity contribution in [3.63, 3.8) is 0 Å². The van der Waals surface area contributed by atoms with Crippen LogP contribution >= 0.6 is 11.3 Å². The Kier molecular flexibility index (Phi) is 4.94. The van der Waals surface area contributed by atoms with Crippen molar-refractivity contribution in [1.29, 1.82) is 0 Å². The van der Waals surface area contributed by atoms with Gasteiger partial charge in [-0.3, -0.25) is 4.57 Å². The smallest absolute Gasteiger partial charge is 0.305 e. The van der Waals surface area contributed by atoms with Gasteiger partial charge in [-0.15, -0.1) is 11.3 Å². The Morgan fingerprint density at radius 2 is 1.82 bits per heavy atom. The predicted octanol–water partition coefficient (Wildman–Crippen LogP) is 5.75. The highest BCUT2D eigenvalue weighted by Gasteiger charge is 2.15. The third-order valence-electron chi connectivity index (χ3n) is 5.08. The van der Waals surface area contributed by atoms with E-state index in [4.69, 9.17) is 4.98 Å². The zero-order valence-electron chi connectivity index (χ0n) is 16.7. The first kappa shape index (κ1) is 18.7. The van der Waals surface area contributed by atoms with Crippen molar-refractivity contribution in [2.24, 2.45) is 0 Å². The van der Waals surface area contributed by atoms with Crippen molar-refractivity contribution >= 4 is 22.4 Å². The molecule has 5 heteroatoms. The zero-order chi connectivity index (χ0) is 19.8. The summed E-state index contributed by atoms with van der Waals surface area (Å²) in [6.07, 6.45) is 0.814. The van der Waals surface area contributed by atoms with Crippen LogP contribution in [0.25, 0.3) is 21.6 Å². The van der Waals surface area contributed by atoms with Gasteiger partial charge in [0, 0.05) is 23.4 Å². The molecule has 0 atom stereocenters. The first-order valence-electron chi connectivity index (χ1n) is 9.71. The van der Waals surface area contributed by atoms with Crippen molar-refractivity contribution in [3.8, 4) is 10.6 Å². The second-order valence-electron chi connectivity index (χ2n) is 7.81. The van der Waals surface area contributed by atoms with Gasteiger partial charge in [0.1, 0.15) is 5.01 Å². The van der Waals surface area contributed by atoms with Gasteiger partial charge in [0.25, 0.3) is 0 Å². The van der Waals surface area contributed by atoms with E-state index in [2.05, 4.69) is 48.5 Å². The minimum Gasteiger partial charge on any atom is -0.305 e. The van der Waals surface area contributed by atoms with E-state index in [9.17, 15) is 4.79 Å². The number of benzene rings is 2. The monoisotopic (exact) mass is 391 g/mol. The normalized spacial score (nSPS) is 11.8. The number of imidazole rings is 1. The van der Waals surface area contributed by atoms with Crippen molar-refractivity contribution in [2.45, 2.75) is 46.1 Å². The molecule has 0 saturated heterocycles. The van der Waals surface area contributed by atoms with Gasteiger partial charge in [0.2, 0.25) is 0 Å². The first-order chi connectivity index (χ1) is 13.4. The molecule has 4 aromatic rings. The standard InChI is InChI=1S/C23H25N3OS/c1-14(2)17-10-8-16(9-11-17)12-18-13-28-22(24-18)19-6-5-7-20-21(19)25-23(27)26(20)15(3)4/h5-11,13-15H,12H2,1-4H3,(H,25,27). The van der Waals surface area contributed by atoms with Crippen molar-refractivity contribution in [1.82, 2.24) is 14.5 Å². The second kappa shape index (κ2) is 7.40. The molecule has 0 fully saturated rings. The molecule has 2 aromatic carbocycles. The van der Waals surface area contributed by atoms with Gasteiger partial charge in [-0.25, -0.2) is 9.78 Å². The number of hydrogen-bond acceptors (Lipinski definition) is 3. The highest BCUT2D eigenvalue weighted by molar-refractivity contribution is 7.13. The Labute approximate surface area is 168 Å². The number of hydrogen-bond donors (Lipinski definition) is 1. The van der Waals surface area contributed by atoms with E-state index in [1.54, 1.807) is 15.9 Å². The summed E-state index contributed by atoms with van der Waals surface area (Å²) in [6.45, 7) is 8.46. The summed E-state index contributed by atoms with van der Waals surface area (Å²) < 4.78 is 1.80. The first-order valence-corrected chi connectivity index (χ1v) is 10.6. The van der Waals surface area contributed by atoms with Gasteiger partial charge in [-0.1, -0.05) is 44.2 Å². The fourth-order valence-corrected chi connectivity index (χ4v) is 4.43. The molecule has 2 heterocycles. The largest absolute Gasteiger partial charge is 0.326 e. The molecule has 0 spiro atoms. The lowest BCUT2D eigenvalue weighted by Crippen LogP contribution is -2.18. The molecule has 0 aliphatic carbocycles. The lowest BCUT2D eigenvalue weighted by atomic mass is 10.0. The molecule has 4 rings (SSSR count). The third-order valence-corrected chi connectivity index (χ3v) is 6.01. The second-order valence-corrected chi connectivity index (χ2v) is 8.67. The maximum absolute atomic E-state index is 12.4. The van der Waals surface area contributed by atoms with Gasteiger partial charge in [0.05, 0.1) is 16.7 Å². The molecule has 0 aliphatic rings. The summed E-state index contributed by atoms with van der Waals surface area (Å²) in [7, 11) is 0. The number of nitrogens with zero attached hydrogens (tertiary/aromatic N) is 2. The molecule has 4 nitrogen and oxygen atoms in total. The summed E-state index contributed by atoms with van der Waals surface area (Å²) >= 11 is 1.63. The molecule has 28 heavy (non-hydrogen) atoms. The van der Waals surface area contributed by atoms with Crippen LogP contribution in [0.3, 0.4) is 0 Å². The van der Waals surface area contributed by atoms with Crippen molar-refractivity contribution < 1.29 is 0 Å². The number of para-hydroxylation sites is 1. The average molecular weight is 392 g/mol. The van der Waals surface area contributed by atoms with Crippen LogP contribution in [-0.2, 0) is 6.42 Å². The Hall–Kier alpha value is -2.66. The van der Waals surface area contributed by atoms with Gasteiger partial charge < -0.3 is 4.98 Å². The summed E-state index contributed by atoms with van der Waals surface area (Å²) in [5.74, 6) is 0.542. The Bertz CT molecular complexity index is 1160. The van der Waals surface area contributed by atoms with Crippen molar-refractivity contribution in [3.05, 3.63) is 75.1 Å². The molecule has 0 radical (unpaired) electrons. The van der Waals surface area contributed by atoms with Gasteiger partial charge in [0.15, 0.2) is 0 Å². The highest BCUT2D eigenvalue weighted by atomic mass is 32.1. The van der Waals surface area contributed by atoms with E-state index in [0.29, 0.717) is 5.92 Å². The number of nitrogens with one attached hydrogen (secondary N) is 1. The molecule has 144 valence electrons. The van der Waals surface area contributed by atoms with Crippen LogP contribution in [-0.4, -0.2) is 14.5 Å². The zero-order valence-corrected chi connectivity index (χ0v) is 17.5. The number of H-pyrrole nitrogens is 1. The van der Waals surface area contributed by atoms with Gasteiger partial charge in [-0.2, -0.15) is 0 Å². The van der Waals surface area contributed by atoms with E-state index in [1.165, 1.54) is 11.1 Å². The van der Waals surface area contributed by atoms with E-state index < -0.39 is 0 Å². The number of thiazole rings is 1. The highest BCUT2D eigenvalue weighted by Crippen LogP contribution is 2.30. The van der Waals surface area contributed by atoms with Crippen LogP contribution in [0.15, 0.2) is 52.6 Å². The minimum absolute atomic E-state index is 0.0699. The molecule has 0 unspecified atom stereocenters. The quantitative estimate of drug-likeness (QED) is 0.471. The van der Waals surface area contributed by atoms with Gasteiger partial charge in [-0.05, 0) is 43.0 Å². The summed E-state index contributed by atoms with van der Waals surface area (Å²) in [5.41, 5.74) is 6.38. The van der Waals surface area contributed by atoms with E-state index >= 15 is 0 Å². The molecule has 0 saturated carbocycles. The predicted molar refractivity (Wildman–Crippen MR) is 117 cm³/mol. The van der Waals surface area contributed by atoms with Crippen molar-refractivity contribution in [2.75, 3.05) is 0 Å². The Balaban J connectivity index is 1.66. The summed E-state index contributed by atoms with van der Waals surface area (Å²) in [4.78, 5) is 20.3. The fourth-order valence-electron chi connectivity index (χ4n) is 3.58. The number of aromatic amines is 1. The molecule has 2 aromatic heterocycles. The van der Waals surface area contributed by atoms with E-state index in [1.807, 2.05) is 32.0 Å². The summed E-state index contributed by atoms with van der Waals surface area (Å²) in [5, 5.41) is 3.05.